The van der Waals surface area contributed by atoms with Crippen LogP contribution in [0.2, 0.25) is 0 Å². The van der Waals surface area contributed by atoms with Crippen LogP contribution in [0.5, 0.6) is 0 Å². The second kappa shape index (κ2) is 12.2. The van der Waals surface area contributed by atoms with Gasteiger partial charge in [-0.05, 0) is 75.2 Å². The molecule has 0 unspecified atom stereocenters. The molecule has 2 atom stereocenters. The monoisotopic (exact) mass is 775 g/mol. The third-order valence-corrected chi connectivity index (χ3v) is 12.0. The number of aliphatic imine (C=N–C) groups is 1. The van der Waals surface area contributed by atoms with Crippen LogP contribution in [0.15, 0.2) is 90.1 Å². The predicted octanol–water partition coefficient (Wildman–Crippen LogP) is 7.96. The van der Waals surface area contributed by atoms with Crippen LogP contribution in [0.1, 0.15) is 27.4 Å². The molecule has 5 aromatic rings. The smallest absolute Gasteiger partial charge is 0.436 e. The lowest BCUT2D eigenvalue weighted by Gasteiger charge is -2.22. The first kappa shape index (κ1) is 30.3. The van der Waals surface area contributed by atoms with Gasteiger partial charge in [0.1, 0.15) is 22.3 Å². The van der Waals surface area contributed by atoms with Crippen molar-refractivity contribution in [2.45, 2.75) is 17.2 Å². The number of nitrogens with one attached hydrogen (secondary N) is 1. The van der Waals surface area contributed by atoms with Gasteiger partial charge in [0.15, 0.2) is 5.17 Å². The van der Waals surface area contributed by atoms with Crippen LogP contribution in [-0.2, 0) is 4.74 Å². The van der Waals surface area contributed by atoms with Crippen LogP contribution < -0.4 is 5.32 Å². The number of rotatable bonds is 5. The fraction of sp³-hybridized carbons (Fsp3) is 0.200. The predicted molar refractivity (Wildman–Crippen MR) is 193 cm³/mol. The molecule has 0 bridgehead atoms. The quantitative estimate of drug-likeness (QED) is 0.182. The van der Waals surface area contributed by atoms with Crippen LogP contribution in [0.25, 0.3) is 21.3 Å². The van der Waals surface area contributed by atoms with Gasteiger partial charge in [-0.1, -0.05) is 71.6 Å². The number of thiophene rings is 1. The zero-order chi connectivity index (χ0) is 32.2. The number of likely N-dealkylation sites (N-methyl/N-ethyl adjacent to an activating group) is 1. The molecule has 2 amide bonds. The Morgan fingerprint density at radius 2 is 1.79 bits per heavy atom. The molecular weight excluding hydrogens is 748 g/mol. The van der Waals surface area contributed by atoms with Crippen LogP contribution in [-0.4, -0.2) is 70.0 Å². The molecule has 3 aliphatic rings. The maximum absolute atomic E-state index is 14.8. The highest BCUT2D eigenvalue weighted by molar-refractivity contribution is 14.1. The number of halogens is 2. The van der Waals surface area contributed by atoms with E-state index in [2.05, 4.69) is 62.1 Å². The van der Waals surface area contributed by atoms with Gasteiger partial charge in [-0.3, -0.25) is 4.79 Å². The number of pyridine rings is 1. The number of fused-ring (bicyclic) bond motifs is 5. The fourth-order valence-electron chi connectivity index (χ4n) is 6.68. The highest BCUT2D eigenvalue weighted by Gasteiger charge is 2.46. The summed E-state index contributed by atoms with van der Waals surface area (Å²) < 4.78 is 21.3. The number of benzene rings is 3. The molecular formula is C35H27FIN5O3S2. The Bertz CT molecular complexity index is 2060. The fourth-order valence-corrected chi connectivity index (χ4v) is 9.56. The molecule has 12 heteroatoms. The number of carbonyl (C=O) groups excluding carboxylic acids is 2. The summed E-state index contributed by atoms with van der Waals surface area (Å²) in [6, 6.07) is 25.0. The van der Waals surface area contributed by atoms with Gasteiger partial charge in [-0.2, -0.15) is 4.99 Å². The molecule has 2 fully saturated rings. The second-order valence-electron chi connectivity index (χ2n) is 11.7. The maximum Gasteiger partial charge on any atom is 0.436 e. The standard InChI is InChI=1S/C35H27FIN5O3S2/c1-41-28-16-42(33(43)30-24-11-6-14-38-31(24)47-32(30)39-27-13-12-19(37)15-26(27)36)17-29(28)46-34(41)40-35(44)45-18-25-22-9-4-2-7-20(22)21-8-3-5-10-23(21)25/h2-15,25,28-29,39H,16-18H2,1H3/b40-34+/t28-,29+/m0/s1. The largest absolute Gasteiger partial charge is 0.447 e. The average molecular weight is 776 g/mol. The summed E-state index contributed by atoms with van der Waals surface area (Å²) >= 11 is 4.89. The SMILES string of the molecule is CN1/C(=N\C(=O)OCC2c3ccccc3-c3ccccc32)S[C@@H]2CN(C(=O)c3c(Nc4ccc(I)cc4F)sc4ncccc34)C[C@@H]21. The first-order valence-corrected chi connectivity index (χ1v) is 17.8. The molecule has 8 nitrogen and oxygen atoms in total. The Morgan fingerprint density at radius 3 is 2.51 bits per heavy atom. The van der Waals surface area contributed by atoms with Gasteiger partial charge in [-0.25, -0.2) is 14.2 Å². The van der Waals surface area contributed by atoms with Gasteiger partial charge in [0.05, 0.1) is 22.5 Å². The highest BCUT2D eigenvalue weighted by Crippen LogP contribution is 2.45. The minimum Gasteiger partial charge on any atom is -0.447 e. The number of ether oxygens (including phenoxy) is 1. The van der Waals surface area contributed by atoms with E-state index in [4.69, 9.17) is 4.74 Å². The van der Waals surface area contributed by atoms with Gasteiger partial charge < -0.3 is 19.9 Å². The molecule has 47 heavy (non-hydrogen) atoms. The Balaban J connectivity index is 0.961. The van der Waals surface area contributed by atoms with Crippen molar-refractivity contribution in [1.82, 2.24) is 14.8 Å². The van der Waals surface area contributed by atoms with E-state index in [1.807, 2.05) is 53.2 Å². The van der Waals surface area contributed by atoms with Crippen LogP contribution in [0, 0.1) is 9.39 Å². The first-order valence-electron chi connectivity index (χ1n) is 15.1. The number of thioether (sulfide) groups is 1. The summed E-state index contributed by atoms with van der Waals surface area (Å²) in [5.41, 5.74) is 5.43. The number of amides is 2. The van der Waals surface area contributed by atoms with Crippen molar-refractivity contribution in [1.29, 1.82) is 0 Å². The summed E-state index contributed by atoms with van der Waals surface area (Å²) in [6.45, 7) is 1.15. The van der Waals surface area contributed by atoms with E-state index in [0.29, 0.717) is 39.3 Å². The Labute approximate surface area is 292 Å². The normalized spacial score (nSPS) is 19.3. The molecule has 2 aliphatic heterocycles. The van der Waals surface area contributed by atoms with Crippen LogP contribution >= 0.6 is 45.7 Å². The number of likely N-dealkylation sites (tertiary alicyclic amines) is 1. The number of hydrogen-bond donors (Lipinski definition) is 1. The number of hydrogen-bond acceptors (Lipinski definition) is 7. The molecule has 0 radical (unpaired) electrons. The minimum atomic E-state index is -0.620. The average Bonchev–Trinajstić information content (AvgIpc) is 3.81. The van der Waals surface area contributed by atoms with Gasteiger partial charge in [0, 0.05) is 41.2 Å². The zero-order valence-corrected chi connectivity index (χ0v) is 28.8. The molecule has 2 saturated heterocycles. The van der Waals surface area contributed by atoms with Crippen molar-refractivity contribution < 1.29 is 18.7 Å². The molecule has 3 aromatic carbocycles. The number of amidine groups is 1. The Hall–Kier alpha value is -4.01. The number of carbonyl (C=O) groups is 2. The third-order valence-electron chi connectivity index (χ3n) is 8.96. The van der Waals surface area contributed by atoms with E-state index in [9.17, 15) is 14.0 Å². The minimum absolute atomic E-state index is 0.0165. The summed E-state index contributed by atoms with van der Waals surface area (Å²) in [7, 11) is 1.90. The Morgan fingerprint density at radius 1 is 1.04 bits per heavy atom. The van der Waals surface area contributed by atoms with E-state index < -0.39 is 11.9 Å². The molecule has 2 aromatic heterocycles. The number of anilines is 2. The molecule has 0 spiro atoms. The molecule has 8 rings (SSSR count). The Kier molecular flexibility index (Phi) is 7.88. The van der Waals surface area contributed by atoms with Crippen LogP contribution in [0.3, 0.4) is 0 Å². The molecule has 236 valence electrons. The van der Waals surface area contributed by atoms with Gasteiger partial charge in [-0.15, -0.1) is 0 Å². The van der Waals surface area contributed by atoms with Crippen molar-refractivity contribution in [3.05, 3.63) is 111 Å². The lowest BCUT2D eigenvalue weighted by atomic mass is 9.98. The summed E-state index contributed by atoms with van der Waals surface area (Å²) in [5.74, 6) is -0.571. The van der Waals surface area contributed by atoms with E-state index in [-0.39, 0.29) is 29.7 Å². The lowest BCUT2D eigenvalue weighted by molar-refractivity contribution is 0.0788. The van der Waals surface area contributed by atoms with Gasteiger partial charge in [0.2, 0.25) is 0 Å². The lowest BCUT2D eigenvalue weighted by Crippen LogP contribution is -2.37. The second-order valence-corrected chi connectivity index (χ2v) is 15.1. The highest BCUT2D eigenvalue weighted by atomic mass is 127. The van der Waals surface area contributed by atoms with E-state index >= 15 is 0 Å². The molecule has 1 N–H and O–H groups in total. The van der Waals surface area contributed by atoms with Crippen molar-refractivity contribution in [2.24, 2.45) is 4.99 Å². The first-order chi connectivity index (χ1) is 22.9. The summed E-state index contributed by atoms with van der Waals surface area (Å²) in [6.07, 6.45) is 1.07. The van der Waals surface area contributed by atoms with E-state index in [1.54, 1.807) is 18.3 Å². The third kappa shape index (κ3) is 5.45. The van der Waals surface area contributed by atoms with Gasteiger partial charge >= 0.3 is 6.09 Å². The number of nitrogens with zero attached hydrogens (tertiary/aromatic N) is 4. The summed E-state index contributed by atoms with van der Waals surface area (Å²) in [4.78, 5) is 40.4. The topological polar surface area (TPSA) is 87.1 Å². The molecule has 0 saturated carbocycles. The molecule has 4 heterocycles. The van der Waals surface area contributed by atoms with Crippen molar-refractivity contribution in [3.8, 4) is 11.1 Å². The van der Waals surface area contributed by atoms with Gasteiger partial charge in [0.25, 0.3) is 5.91 Å². The maximum atomic E-state index is 14.8. The summed E-state index contributed by atoms with van der Waals surface area (Å²) in [5, 5.41) is 5.07. The van der Waals surface area contributed by atoms with Crippen molar-refractivity contribution in [3.63, 3.8) is 0 Å². The van der Waals surface area contributed by atoms with Crippen molar-refractivity contribution in [2.75, 3.05) is 32.1 Å². The van der Waals surface area contributed by atoms with E-state index in [1.165, 1.54) is 40.3 Å². The molecule has 1 aliphatic carbocycles. The van der Waals surface area contributed by atoms with Crippen molar-refractivity contribution >= 4 is 83.8 Å². The van der Waals surface area contributed by atoms with E-state index in [0.717, 1.165) is 20.1 Å². The zero-order valence-electron chi connectivity index (χ0n) is 25.0. The van der Waals surface area contributed by atoms with Crippen LogP contribution in [0.4, 0.5) is 19.9 Å². The number of aromatic nitrogens is 1.